The van der Waals surface area contributed by atoms with Crippen molar-refractivity contribution < 1.29 is 4.84 Å². The molecule has 0 radical (unpaired) electrons. The molecule has 0 fully saturated rings. The van der Waals surface area contributed by atoms with Crippen LogP contribution in [0.4, 0.5) is 5.69 Å². The molecule has 4 nitrogen and oxygen atoms in total. The summed E-state index contributed by atoms with van der Waals surface area (Å²) in [5, 5.41) is 0. The highest BCUT2D eigenvalue weighted by Crippen LogP contribution is 2.20. The lowest BCUT2D eigenvalue weighted by Gasteiger charge is -2.07. The number of hydrogen-bond acceptors (Lipinski definition) is 4. The molecule has 4 N–H and O–H groups in total. The van der Waals surface area contributed by atoms with Gasteiger partial charge in [-0.25, -0.2) is 4.98 Å². The number of pyridine rings is 1. The number of nitrogens with zero attached hydrogens (tertiary/aromatic N) is 1. The summed E-state index contributed by atoms with van der Waals surface area (Å²) in [5.74, 6) is 5.62. The Bertz CT molecular complexity index is 273. The van der Waals surface area contributed by atoms with Crippen LogP contribution < -0.4 is 16.5 Å². The third-order valence-corrected chi connectivity index (χ3v) is 1.61. The molecule has 0 aliphatic rings. The van der Waals surface area contributed by atoms with E-state index in [1.807, 2.05) is 19.9 Å². The summed E-state index contributed by atoms with van der Waals surface area (Å²) in [6, 6.07) is 3.60. The number of aromatic nitrogens is 1. The Balaban J connectivity index is 3.05. The molecule has 1 aromatic rings. The average molecular weight is 167 g/mol. The van der Waals surface area contributed by atoms with Crippen LogP contribution in [-0.2, 0) is 0 Å². The van der Waals surface area contributed by atoms with Crippen molar-refractivity contribution in [3.8, 4) is 5.88 Å². The fraction of sp³-hybridized carbons (Fsp3) is 0.375. The summed E-state index contributed by atoms with van der Waals surface area (Å²) in [6.07, 6.45) is 0. The lowest BCUT2D eigenvalue weighted by molar-refractivity contribution is 0.321. The van der Waals surface area contributed by atoms with Crippen LogP contribution in [0.5, 0.6) is 5.88 Å². The summed E-state index contributed by atoms with van der Waals surface area (Å²) >= 11 is 0. The minimum absolute atomic E-state index is 0.293. The van der Waals surface area contributed by atoms with Crippen molar-refractivity contribution in [3.05, 3.63) is 17.8 Å². The Morgan fingerprint density at radius 3 is 2.58 bits per heavy atom. The zero-order chi connectivity index (χ0) is 9.14. The van der Waals surface area contributed by atoms with E-state index < -0.39 is 0 Å². The maximum atomic E-state index is 5.53. The number of hydrogen-bond donors (Lipinski definition) is 2. The van der Waals surface area contributed by atoms with Crippen LogP contribution in [0.3, 0.4) is 0 Å². The van der Waals surface area contributed by atoms with Crippen LogP contribution in [0.15, 0.2) is 12.1 Å². The Labute approximate surface area is 71.5 Å². The van der Waals surface area contributed by atoms with E-state index in [1.165, 1.54) is 0 Å². The van der Waals surface area contributed by atoms with Gasteiger partial charge in [0.15, 0.2) is 0 Å². The van der Waals surface area contributed by atoms with Gasteiger partial charge in [-0.1, -0.05) is 13.8 Å². The first-order chi connectivity index (χ1) is 5.65. The Morgan fingerprint density at radius 2 is 2.08 bits per heavy atom. The first-order valence-corrected chi connectivity index (χ1v) is 3.78. The monoisotopic (exact) mass is 167 g/mol. The second-order valence-electron chi connectivity index (χ2n) is 2.90. The van der Waals surface area contributed by atoms with E-state index in [9.17, 15) is 0 Å². The molecule has 12 heavy (non-hydrogen) atoms. The number of anilines is 1. The van der Waals surface area contributed by atoms with Crippen LogP contribution in [-0.4, -0.2) is 4.98 Å². The van der Waals surface area contributed by atoms with Crippen molar-refractivity contribution in [3.63, 3.8) is 0 Å². The minimum atomic E-state index is 0.293. The fourth-order valence-corrected chi connectivity index (χ4v) is 0.881. The van der Waals surface area contributed by atoms with E-state index in [0.717, 1.165) is 5.69 Å². The number of nitrogens with two attached hydrogens (primary N) is 2. The summed E-state index contributed by atoms with van der Waals surface area (Å²) in [4.78, 5) is 8.62. The molecule has 0 saturated carbocycles. The SMILES string of the molecule is CC(C)c1ccc(N)c(ON)n1. The first kappa shape index (κ1) is 8.80. The predicted molar refractivity (Wildman–Crippen MR) is 47.6 cm³/mol. The molecular weight excluding hydrogens is 154 g/mol. The highest BCUT2D eigenvalue weighted by molar-refractivity contribution is 5.48. The van der Waals surface area contributed by atoms with Gasteiger partial charge in [-0.3, -0.25) is 0 Å². The van der Waals surface area contributed by atoms with Gasteiger partial charge in [-0.2, -0.15) is 5.90 Å². The molecular formula is C8H13N3O. The molecule has 0 amide bonds. The van der Waals surface area contributed by atoms with Gasteiger partial charge in [0, 0.05) is 5.69 Å². The second-order valence-corrected chi connectivity index (χ2v) is 2.90. The standard InChI is InChI=1S/C8H13N3O/c1-5(2)7-4-3-6(9)8(11-7)12-10/h3-5H,9-10H2,1-2H3. The molecule has 0 aliphatic carbocycles. The van der Waals surface area contributed by atoms with Gasteiger partial charge in [-0.15, -0.1) is 0 Å². The van der Waals surface area contributed by atoms with Crippen molar-refractivity contribution >= 4 is 5.69 Å². The van der Waals surface area contributed by atoms with Crippen molar-refractivity contribution in [2.45, 2.75) is 19.8 Å². The summed E-state index contributed by atoms with van der Waals surface area (Å²) in [7, 11) is 0. The highest BCUT2D eigenvalue weighted by Gasteiger charge is 2.05. The van der Waals surface area contributed by atoms with Crippen molar-refractivity contribution in [1.29, 1.82) is 0 Å². The molecule has 66 valence electrons. The van der Waals surface area contributed by atoms with Gasteiger partial charge in [-0.05, 0) is 18.1 Å². The fourth-order valence-electron chi connectivity index (χ4n) is 0.881. The quantitative estimate of drug-likeness (QED) is 0.645. The zero-order valence-corrected chi connectivity index (χ0v) is 7.24. The van der Waals surface area contributed by atoms with Crippen LogP contribution in [0, 0.1) is 0 Å². The Morgan fingerprint density at radius 1 is 1.42 bits per heavy atom. The number of rotatable bonds is 2. The highest BCUT2D eigenvalue weighted by atomic mass is 16.6. The molecule has 0 unspecified atom stereocenters. The molecule has 1 aromatic heterocycles. The van der Waals surface area contributed by atoms with Gasteiger partial charge in [0.25, 0.3) is 5.88 Å². The van der Waals surface area contributed by atoms with Gasteiger partial charge >= 0.3 is 0 Å². The molecule has 4 heteroatoms. The summed E-state index contributed by atoms with van der Waals surface area (Å²) in [5.41, 5.74) is 6.91. The van der Waals surface area contributed by atoms with Crippen LogP contribution >= 0.6 is 0 Å². The minimum Gasteiger partial charge on any atom is -0.394 e. The van der Waals surface area contributed by atoms with E-state index >= 15 is 0 Å². The second kappa shape index (κ2) is 3.40. The van der Waals surface area contributed by atoms with E-state index in [1.54, 1.807) is 6.07 Å². The van der Waals surface area contributed by atoms with E-state index in [2.05, 4.69) is 9.82 Å². The molecule has 0 bridgehead atoms. The van der Waals surface area contributed by atoms with Gasteiger partial charge in [0.1, 0.15) is 0 Å². The summed E-state index contributed by atoms with van der Waals surface area (Å²) in [6.45, 7) is 4.08. The van der Waals surface area contributed by atoms with E-state index in [4.69, 9.17) is 11.6 Å². The van der Waals surface area contributed by atoms with Crippen LogP contribution in [0.2, 0.25) is 0 Å². The lowest BCUT2D eigenvalue weighted by Crippen LogP contribution is -2.08. The average Bonchev–Trinajstić information content (AvgIpc) is 2.05. The molecule has 0 spiro atoms. The Hall–Kier alpha value is -1.29. The molecule has 0 atom stereocenters. The maximum Gasteiger partial charge on any atom is 0.260 e. The van der Waals surface area contributed by atoms with Crippen LogP contribution in [0.1, 0.15) is 25.5 Å². The summed E-state index contributed by atoms with van der Waals surface area (Å²) < 4.78 is 0. The molecule has 0 aromatic carbocycles. The van der Waals surface area contributed by atoms with Crippen molar-refractivity contribution in [1.82, 2.24) is 4.98 Å². The maximum absolute atomic E-state index is 5.53. The zero-order valence-electron chi connectivity index (χ0n) is 7.24. The Kier molecular flexibility index (Phi) is 2.50. The molecule has 0 aliphatic heterocycles. The smallest absolute Gasteiger partial charge is 0.260 e. The van der Waals surface area contributed by atoms with E-state index in [-0.39, 0.29) is 0 Å². The molecule has 0 saturated heterocycles. The topological polar surface area (TPSA) is 74.2 Å². The third-order valence-electron chi connectivity index (χ3n) is 1.61. The normalized spacial score (nSPS) is 10.3. The molecule has 1 heterocycles. The van der Waals surface area contributed by atoms with Gasteiger partial charge in [0.05, 0.1) is 5.69 Å². The van der Waals surface area contributed by atoms with Gasteiger partial charge in [0.2, 0.25) is 0 Å². The first-order valence-electron chi connectivity index (χ1n) is 3.78. The van der Waals surface area contributed by atoms with Crippen LogP contribution in [0.25, 0.3) is 0 Å². The largest absolute Gasteiger partial charge is 0.394 e. The third kappa shape index (κ3) is 1.65. The lowest BCUT2D eigenvalue weighted by atomic mass is 10.1. The van der Waals surface area contributed by atoms with Gasteiger partial charge < -0.3 is 10.6 Å². The number of nitrogen functional groups attached to an aromatic ring is 1. The molecule has 1 rings (SSSR count). The van der Waals surface area contributed by atoms with Crippen molar-refractivity contribution in [2.24, 2.45) is 5.90 Å². The van der Waals surface area contributed by atoms with Crippen molar-refractivity contribution in [2.75, 3.05) is 5.73 Å². The predicted octanol–water partition coefficient (Wildman–Crippen LogP) is 1.04. The van der Waals surface area contributed by atoms with E-state index in [0.29, 0.717) is 17.5 Å².